The number of amides is 1. The van der Waals surface area contributed by atoms with E-state index < -0.39 is 50.1 Å². The molecule has 0 spiro atoms. The summed E-state index contributed by atoms with van der Waals surface area (Å²) in [6.07, 6.45) is 1.44. The number of aliphatic carboxylic acids is 4. The van der Waals surface area contributed by atoms with Crippen LogP contribution in [0.15, 0.2) is 97.1 Å². The fraction of sp³-hybridized carbons (Fsp3) is 0.214. The van der Waals surface area contributed by atoms with Crippen molar-refractivity contribution in [3.8, 4) is 11.5 Å². The summed E-state index contributed by atoms with van der Waals surface area (Å²) in [5.74, 6) is -5.01. The van der Waals surface area contributed by atoms with Crippen LogP contribution >= 0.6 is 0 Å². The topological polar surface area (TPSA) is 203 Å². The van der Waals surface area contributed by atoms with Gasteiger partial charge in [-0.1, -0.05) is 66.7 Å². The average Bonchev–Trinajstić information content (AvgIpc) is 3.15. The number of carboxylic acids is 4. The van der Waals surface area contributed by atoms with Crippen molar-refractivity contribution in [2.75, 3.05) is 54.5 Å². The lowest BCUT2D eigenvalue weighted by Crippen LogP contribution is -2.35. The number of anilines is 3. The molecular weight excluding hydrogens is 722 g/mol. The highest BCUT2D eigenvalue weighted by Gasteiger charge is 2.21. The number of ether oxygens (including phenoxy) is 2. The molecule has 0 aliphatic heterocycles. The summed E-state index contributed by atoms with van der Waals surface area (Å²) < 4.78 is 11.8. The maximum absolute atomic E-state index is 13.2. The molecule has 0 atom stereocenters. The molecule has 0 radical (unpaired) electrons. The van der Waals surface area contributed by atoms with Crippen LogP contribution in [-0.4, -0.2) is 89.6 Å². The van der Waals surface area contributed by atoms with Crippen LogP contribution in [0.5, 0.6) is 11.5 Å². The van der Waals surface area contributed by atoms with Gasteiger partial charge in [0.2, 0.25) is 5.91 Å². The monoisotopic (exact) mass is 761 g/mol. The van der Waals surface area contributed by atoms with Crippen molar-refractivity contribution >= 4 is 79.2 Å². The smallest absolute Gasteiger partial charge is 0.323 e. The number of para-hydroxylation sites is 2. The van der Waals surface area contributed by atoms with E-state index in [9.17, 15) is 44.4 Å². The predicted octanol–water partition coefficient (Wildman–Crippen LogP) is 5.95. The third-order valence-electron chi connectivity index (χ3n) is 9.16. The fourth-order valence-electron chi connectivity index (χ4n) is 6.89. The zero-order chi connectivity index (χ0) is 39.8. The summed E-state index contributed by atoms with van der Waals surface area (Å²) in [6.45, 7) is -2.75. The highest BCUT2D eigenvalue weighted by atomic mass is 16.5. The zero-order valence-corrected chi connectivity index (χ0v) is 30.1. The van der Waals surface area contributed by atoms with Crippen molar-refractivity contribution in [3.63, 3.8) is 0 Å². The minimum Gasteiger partial charge on any atom is -0.488 e. The minimum atomic E-state index is -1.27. The van der Waals surface area contributed by atoms with Gasteiger partial charge in [0.1, 0.15) is 50.9 Å². The molecule has 6 aromatic carbocycles. The molecule has 0 heterocycles. The van der Waals surface area contributed by atoms with E-state index in [4.69, 9.17) is 9.47 Å². The molecule has 5 N–H and O–H groups in total. The Morgan fingerprint density at radius 3 is 1.71 bits per heavy atom. The number of carboxylic acid groups (broad SMARTS) is 4. The Bertz CT molecular complexity index is 2370. The molecule has 6 rings (SSSR count). The van der Waals surface area contributed by atoms with E-state index in [2.05, 4.69) is 59.9 Å². The predicted molar refractivity (Wildman–Crippen MR) is 211 cm³/mol. The van der Waals surface area contributed by atoms with E-state index in [1.807, 2.05) is 0 Å². The van der Waals surface area contributed by atoms with Gasteiger partial charge in [-0.25, -0.2) is 0 Å². The first kappa shape index (κ1) is 38.6. The molecule has 6 aromatic rings. The van der Waals surface area contributed by atoms with E-state index in [-0.39, 0.29) is 48.4 Å². The van der Waals surface area contributed by atoms with Gasteiger partial charge < -0.3 is 45.0 Å². The molecule has 0 saturated carbocycles. The van der Waals surface area contributed by atoms with E-state index in [0.29, 0.717) is 18.5 Å². The summed E-state index contributed by atoms with van der Waals surface area (Å²) >= 11 is 0. The molecule has 1 amide bonds. The van der Waals surface area contributed by atoms with Crippen molar-refractivity contribution in [3.05, 3.63) is 103 Å². The van der Waals surface area contributed by atoms with E-state index in [1.54, 1.807) is 18.2 Å². The first-order valence-electron chi connectivity index (χ1n) is 17.8. The maximum Gasteiger partial charge on any atom is 0.323 e. The summed E-state index contributed by atoms with van der Waals surface area (Å²) in [4.78, 5) is 61.6. The number of hydrogen-bond acceptors (Lipinski definition) is 9. The van der Waals surface area contributed by atoms with Crippen LogP contribution in [0, 0.1) is 0 Å². The molecule has 14 heteroatoms. The Labute approximate surface area is 320 Å². The van der Waals surface area contributed by atoms with E-state index >= 15 is 0 Å². The SMILES string of the molecule is O=C(O)CN(CC(=O)O)c1ccccc1OCCOc1cc(NC(=O)CCCc2ccc3ccc4cccc5ccc2c3c45)ccc1N(CC(=O)O)CC(=O)O. The molecule has 288 valence electrons. The number of benzene rings is 6. The van der Waals surface area contributed by atoms with Crippen LogP contribution in [-0.2, 0) is 30.4 Å². The second-order valence-corrected chi connectivity index (χ2v) is 13.1. The van der Waals surface area contributed by atoms with Crippen LogP contribution in [0.3, 0.4) is 0 Å². The third-order valence-corrected chi connectivity index (χ3v) is 9.16. The molecule has 0 saturated heterocycles. The van der Waals surface area contributed by atoms with Gasteiger partial charge in [0.05, 0.1) is 11.4 Å². The Balaban J connectivity index is 1.14. The molecule has 0 aliphatic carbocycles. The lowest BCUT2D eigenvalue weighted by Gasteiger charge is -2.25. The van der Waals surface area contributed by atoms with E-state index in [0.717, 1.165) is 26.1 Å². The molecule has 0 aliphatic rings. The number of carbonyl (C=O) groups excluding carboxylic acids is 1. The molecular formula is C42H39N3O11. The highest BCUT2D eigenvalue weighted by molar-refractivity contribution is 6.23. The van der Waals surface area contributed by atoms with Crippen LogP contribution in [0.4, 0.5) is 17.1 Å². The first-order valence-corrected chi connectivity index (χ1v) is 17.8. The average molecular weight is 762 g/mol. The number of nitrogens with zero attached hydrogens (tertiary/aromatic N) is 2. The highest BCUT2D eigenvalue weighted by Crippen LogP contribution is 2.37. The summed E-state index contributed by atoms with van der Waals surface area (Å²) in [6, 6.07) is 29.8. The summed E-state index contributed by atoms with van der Waals surface area (Å²) in [5, 5.41) is 47.6. The molecule has 0 fully saturated rings. The van der Waals surface area contributed by atoms with Crippen molar-refractivity contribution in [2.24, 2.45) is 0 Å². The quantitative estimate of drug-likeness (QED) is 0.0451. The van der Waals surface area contributed by atoms with Crippen LogP contribution in [0.2, 0.25) is 0 Å². The fourth-order valence-corrected chi connectivity index (χ4v) is 6.89. The Morgan fingerprint density at radius 1 is 0.554 bits per heavy atom. The number of nitrogens with one attached hydrogen (secondary N) is 1. The first-order chi connectivity index (χ1) is 27.0. The van der Waals surface area contributed by atoms with Gasteiger partial charge in [-0.05, 0) is 75.0 Å². The van der Waals surface area contributed by atoms with Crippen LogP contribution in [0.25, 0.3) is 32.3 Å². The number of hydrogen-bond donors (Lipinski definition) is 5. The lowest BCUT2D eigenvalue weighted by atomic mass is 9.90. The summed E-state index contributed by atoms with van der Waals surface area (Å²) in [7, 11) is 0. The van der Waals surface area contributed by atoms with Gasteiger partial charge in [0.25, 0.3) is 0 Å². The number of aryl methyl sites for hydroxylation is 1. The number of rotatable bonds is 20. The molecule has 0 aromatic heterocycles. The Kier molecular flexibility index (Phi) is 12.0. The van der Waals surface area contributed by atoms with Crippen molar-refractivity contribution in [1.29, 1.82) is 0 Å². The normalized spacial score (nSPS) is 11.1. The standard InChI is InChI=1S/C42H39N3O11/c46-36(10-4-5-26-11-12-29-14-13-27-6-3-7-28-15-17-31(26)42(29)41(27)28)43-30-16-18-33(45(24-39(51)52)25-40(53)54)35(21-30)56-20-19-55-34-9-2-1-8-32(34)44(22-37(47)48)23-38(49)50/h1-3,6-9,11-18,21H,4-5,10,19-20,22-25H2,(H,43,46)(H,47,48)(H,49,50)(H,51,52)(H,53,54). The summed E-state index contributed by atoms with van der Waals surface area (Å²) in [5.41, 5.74) is 1.86. The number of carbonyl (C=O) groups is 5. The lowest BCUT2D eigenvalue weighted by molar-refractivity contribution is -0.138. The van der Waals surface area contributed by atoms with Crippen molar-refractivity contribution in [2.45, 2.75) is 19.3 Å². The third kappa shape index (κ3) is 9.34. The van der Waals surface area contributed by atoms with Crippen molar-refractivity contribution < 1.29 is 53.9 Å². The van der Waals surface area contributed by atoms with Gasteiger partial charge in [-0.3, -0.25) is 24.0 Å². The largest absolute Gasteiger partial charge is 0.488 e. The second-order valence-electron chi connectivity index (χ2n) is 13.1. The Morgan fingerprint density at radius 2 is 1.09 bits per heavy atom. The van der Waals surface area contributed by atoms with Gasteiger partial charge >= 0.3 is 23.9 Å². The molecule has 14 nitrogen and oxygen atoms in total. The van der Waals surface area contributed by atoms with Gasteiger partial charge in [0.15, 0.2) is 0 Å². The molecule has 0 unspecified atom stereocenters. The second kappa shape index (κ2) is 17.4. The van der Waals surface area contributed by atoms with Gasteiger partial charge in [-0.2, -0.15) is 0 Å². The maximum atomic E-state index is 13.2. The van der Waals surface area contributed by atoms with Gasteiger partial charge in [0, 0.05) is 18.2 Å². The molecule has 56 heavy (non-hydrogen) atoms. The van der Waals surface area contributed by atoms with Crippen molar-refractivity contribution in [1.82, 2.24) is 0 Å². The molecule has 0 bridgehead atoms. The minimum absolute atomic E-state index is 0.0780. The zero-order valence-electron chi connectivity index (χ0n) is 30.1. The van der Waals surface area contributed by atoms with Crippen LogP contribution in [0.1, 0.15) is 18.4 Å². The van der Waals surface area contributed by atoms with Gasteiger partial charge in [-0.15, -0.1) is 0 Å². The van der Waals surface area contributed by atoms with Crippen LogP contribution < -0.4 is 24.6 Å². The van der Waals surface area contributed by atoms with E-state index in [1.165, 1.54) is 45.8 Å². The Hall–Kier alpha value is -7.09.